The predicted molar refractivity (Wildman–Crippen MR) is 85.9 cm³/mol. The molecule has 2 rings (SSSR count). The number of carboxylic acids is 1. The summed E-state index contributed by atoms with van der Waals surface area (Å²) in [5.74, 6) is -4.37. The van der Waals surface area contributed by atoms with Crippen LogP contribution in [0.15, 0.2) is 29.2 Å². The first-order chi connectivity index (χ1) is 11.5. The van der Waals surface area contributed by atoms with Crippen LogP contribution >= 0.6 is 0 Å². The van der Waals surface area contributed by atoms with Crippen LogP contribution in [0.1, 0.15) is 6.92 Å². The highest BCUT2D eigenvalue weighted by Gasteiger charge is 2.56. The molecule has 1 aromatic carbocycles. The standard InChI is InChI=1S/C15H18N2O7S/c1-15(13(20)16-14(21)17(15)2)11(12(18)19)8-25(22,23)10-6-4-9(24-3)5-7-10/h4-7,11H,8H2,1-3H3,(H,18,19)(H,16,20,21). The predicted octanol–water partition coefficient (Wildman–Crippen LogP) is 0.110. The van der Waals surface area contributed by atoms with E-state index >= 15 is 0 Å². The second kappa shape index (κ2) is 6.36. The van der Waals surface area contributed by atoms with Crippen molar-refractivity contribution in [2.45, 2.75) is 17.4 Å². The van der Waals surface area contributed by atoms with Crippen LogP contribution in [0, 0.1) is 5.92 Å². The molecule has 1 saturated heterocycles. The average Bonchev–Trinajstić information content (AvgIpc) is 2.76. The summed E-state index contributed by atoms with van der Waals surface area (Å²) < 4.78 is 30.2. The first kappa shape index (κ1) is 18.7. The third-order valence-electron chi connectivity index (χ3n) is 4.46. The van der Waals surface area contributed by atoms with E-state index in [0.29, 0.717) is 5.75 Å². The highest BCUT2D eigenvalue weighted by molar-refractivity contribution is 7.91. The molecule has 0 aromatic heterocycles. The Morgan fingerprint density at radius 1 is 1.32 bits per heavy atom. The first-order valence-corrected chi connectivity index (χ1v) is 8.88. The second-order valence-electron chi connectivity index (χ2n) is 5.81. The number of nitrogens with one attached hydrogen (secondary N) is 1. The Balaban J connectivity index is 2.40. The number of hydrogen-bond donors (Lipinski definition) is 2. The lowest BCUT2D eigenvalue weighted by molar-refractivity contribution is -0.148. The zero-order chi connectivity index (χ0) is 19.0. The number of benzene rings is 1. The molecule has 1 fully saturated rings. The van der Waals surface area contributed by atoms with Crippen molar-refractivity contribution in [2.24, 2.45) is 5.92 Å². The summed E-state index contributed by atoms with van der Waals surface area (Å²) in [6, 6.07) is 4.67. The smallest absolute Gasteiger partial charge is 0.324 e. The number of ether oxygens (including phenoxy) is 1. The van der Waals surface area contributed by atoms with E-state index in [1.165, 1.54) is 45.3 Å². The van der Waals surface area contributed by atoms with Crippen molar-refractivity contribution in [2.75, 3.05) is 19.9 Å². The molecule has 136 valence electrons. The molecule has 0 spiro atoms. The van der Waals surface area contributed by atoms with Crippen LogP contribution in [0.4, 0.5) is 4.79 Å². The number of carboxylic acid groups (broad SMARTS) is 1. The number of carbonyl (C=O) groups excluding carboxylic acids is 2. The van der Waals surface area contributed by atoms with Gasteiger partial charge in [0.05, 0.1) is 17.8 Å². The molecule has 0 saturated carbocycles. The lowest BCUT2D eigenvalue weighted by atomic mass is 9.86. The van der Waals surface area contributed by atoms with Gasteiger partial charge in [0.15, 0.2) is 9.84 Å². The molecule has 9 nitrogen and oxygen atoms in total. The lowest BCUT2D eigenvalue weighted by Crippen LogP contribution is -2.56. The van der Waals surface area contributed by atoms with Gasteiger partial charge in [0.2, 0.25) is 0 Å². The number of aliphatic carboxylic acids is 1. The van der Waals surface area contributed by atoms with Crippen molar-refractivity contribution in [3.63, 3.8) is 0 Å². The Morgan fingerprint density at radius 2 is 1.88 bits per heavy atom. The fourth-order valence-electron chi connectivity index (χ4n) is 2.64. The summed E-state index contributed by atoms with van der Waals surface area (Å²) in [7, 11) is -1.35. The monoisotopic (exact) mass is 370 g/mol. The molecule has 0 aliphatic carbocycles. The maximum Gasteiger partial charge on any atom is 0.324 e. The number of likely N-dealkylation sites (N-methyl/N-ethyl adjacent to an activating group) is 1. The van der Waals surface area contributed by atoms with Crippen LogP contribution in [0.25, 0.3) is 0 Å². The summed E-state index contributed by atoms with van der Waals surface area (Å²) in [5.41, 5.74) is -1.82. The van der Waals surface area contributed by atoms with E-state index in [9.17, 15) is 27.9 Å². The minimum Gasteiger partial charge on any atom is -0.497 e. The zero-order valence-corrected chi connectivity index (χ0v) is 14.7. The quantitative estimate of drug-likeness (QED) is 0.680. The van der Waals surface area contributed by atoms with Gasteiger partial charge in [-0.3, -0.25) is 14.9 Å². The average molecular weight is 370 g/mol. The van der Waals surface area contributed by atoms with E-state index < -0.39 is 45.0 Å². The van der Waals surface area contributed by atoms with Gasteiger partial charge in [0, 0.05) is 7.05 Å². The van der Waals surface area contributed by atoms with Crippen LogP contribution < -0.4 is 10.1 Å². The minimum atomic E-state index is -4.02. The fourth-order valence-corrected chi connectivity index (χ4v) is 4.28. The molecule has 0 radical (unpaired) electrons. The highest BCUT2D eigenvalue weighted by atomic mass is 32.2. The van der Waals surface area contributed by atoms with Crippen molar-refractivity contribution in [3.8, 4) is 5.75 Å². The molecular formula is C15H18N2O7S. The third-order valence-corrected chi connectivity index (χ3v) is 6.23. The van der Waals surface area contributed by atoms with Gasteiger partial charge in [0.25, 0.3) is 5.91 Å². The zero-order valence-electron chi connectivity index (χ0n) is 13.8. The van der Waals surface area contributed by atoms with Crippen LogP contribution in [-0.4, -0.2) is 61.8 Å². The van der Waals surface area contributed by atoms with Gasteiger partial charge in [-0.25, -0.2) is 13.2 Å². The van der Waals surface area contributed by atoms with E-state index in [0.717, 1.165) is 4.90 Å². The van der Waals surface area contributed by atoms with Gasteiger partial charge >= 0.3 is 12.0 Å². The van der Waals surface area contributed by atoms with Gasteiger partial charge in [-0.1, -0.05) is 0 Å². The molecule has 1 heterocycles. The summed E-state index contributed by atoms with van der Waals surface area (Å²) in [6.07, 6.45) is 0. The number of hydrogen-bond acceptors (Lipinski definition) is 6. The summed E-state index contributed by atoms with van der Waals surface area (Å²) >= 11 is 0. The first-order valence-electron chi connectivity index (χ1n) is 7.23. The van der Waals surface area contributed by atoms with Gasteiger partial charge in [0.1, 0.15) is 17.2 Å². The number of sulfone groups is 1. The van der Waals surface area contributed by atoms with Gasteiger partial charge in [-0.2, -0.15) is 0 Å². The number of methoxy groups -OCH3 is 1. The Kier molecular flexibility index (Phi) is 4.76. The summed E-state index contributed by atoms with van der Waals surface area (Å²) in [6.45, 7) is 1.23. The summed E-state index contributed by atoms with van der Waals surface area (Å²) in [4.78, 5) is 36.3. The van der Waals surface area contributed by atoms with Crippen LogP contribution in [0.3, 0.4) is 0 Å². The molecule has 1 aliphatic heterocycles. The normalized spacial score (nSPS) is 21.8. The van der Waals surface area contributed by atoms with Crippen LogP contribution in [0.2, 0.25) is 0 Å². The number of imide groups is 1. The number of urea groups is 1. The molecule has 2 unspecified atom stereocenters. The lowest BCUT2D eigenvalue weighted by Gasteiger charge is -2.33. The maximum absolute atomic E-state index is 12.6. The largest absolute Gasteiger partial charge is 0.497 e. The molecule has 2 atom stereocenters. The molecule has 2 N–H and O–H groups in total. The number of amides is 3. The second-order valence-corrected chi connectivity index (χ2v) is 7.85. The third kappa shape index (κ3) is 3.16. The number of rotatable bonds is 6. The van der Waals surface area contributed by atoms with Crippen LogP contribution in [-0.2, 0) is 19.4 Å². The Bertz CT molecular complexity index is 819. The van der Waals surface area contributed by atoms with E-state index in [4.69, 9.17) is 4.74 Å². The fraction of sp³-hybridized carbons (Fsp3) is 0.400. The minimum absolute atomic E-state index is 0.101. The Morgan fingerprint density at radius 3 is 2.28 bits per heavy atom. The van der Waals surface area contributed by atoms with Crippen molar-refractivity contribution >= 4 is 27.7 Å². The van der Waals surface area contributed by atoms with Gasteiger partial charge in [-0.15, -0.1) is 0 Å². The van der Waals surface area contributed by atoms with Crippen LogP contribution in [0.5, 0.6) is 5.75 Å². The molecule has 3 amide bonds. The maximum atomic E-state index is 12.6. The Hall–Kier alpha value is -2.62. The van der Waals surface area contributed by atoms with E-state index in [1.807, 2.05) is 5.32 Å². The van der Waals surface area contributed by atoms with Crippen molar-refractivity contribution in [3.05, 3.63) is 24.3 Å². The molecule has 0 bridgehead atoms. The number of carbonyl (C=O) groups is 3. The van der Waals surface area contributed by atoms with Crippen molar-refractivity contribution in [1.82, 2.24) is 10.2 Å². The van der Waals surface area contributed by atoms with Gasteiger partial charge in [-0.05, 0) is 31.2 Å². The molecule has 25 heavy (non-hydrogen) atoms. The van der Waals surface area contributed by atoms with Crippen molar-refractivity contribution < 1.29 is 32.6 Å². The summed E-state index contributed by atoms with van der Waals surface area (Å²) in [5, 5.41) is 11.5. The number of nitrogens with zero attached hydrogens (tertiary/aromatic N) is 1. The van der Waals surface area contributed by atoms with E-state index in [1.54, 1.807) is 0 Å². The molecular weight excluding hydrogens is 352 g/mol. The highest BCUT2D eigenvalue weighted by Crippen LogP contribution is 2.31. The molecule has 1 aromatic rings. The Labute approximate surface area is 144 Å². The molecule has 1 aliphatic rings. The SMILES string of the molecule is COc1ccc(S(=O)(=O)CC(C(=O)O)C2(C)C(=O)NC(=O)N2C)cc1. The van der Waals surface area contributed by atoms with E-state index in [2.05, 4.69) is 0 Å². The van der Waals surface area contributed by atoms with Gasteiger partial charge < -0.3 is 14.7 Å². The molecule has 10 heteroatoms. The topological polar surface area (TPSA) is 130 Å². The van der Waals surface area contributed by atoms with E-state index in [-0.39, 0.29) is 4.90 Å². The van der Waals surface area contributed by atoms with Crippen molar-refractivity contribution in [1.29, 1.82) is 0 Å².